The van der Waals surface area contributed by atoms with E-state index in [0.717, 1.165) is 0 Å². The molecule has 1 aliphatic heterocycles. The highest BCUT2D eigenvalue weighted by molar-refractivity contribution is 5.83. The molecular formula is C10H18N2O4. The number of rotatable bonds is 3. The predicted molar refractivity (Wildman–Crippen MR) is 56.9 cm³/mol. The lowest BCUT2D eigenvalue weighted by Crippen LogP contribution is -2.57. The van der Waals surface area contributed by atoms with Gasteiger partial charge in [-0.3, -0.25) is 14.5 Å². The highest BCUT2D eigenvalue weighted by Crippen LogP contribution is 2.12. The van der Waals surface area contributed by atoms with Crippen LogP contribution in [0.3, 0.4) is 0 Å². The molecule has 1 fully saturated rings. The third-order valence-corrected chi connectivity index (χ3v) is 2.77. The number of nitrogens with one attached hydrogen (secondary N) is 1. The van der Waals surface area contributed by atoms with Crippen LogP contribution in [-0.4, -0.2) is 62.8 Å². The topological polar surface area (TPSA) is 67.9 Å². The zero-order valence-electron chi connectivity index (χ0n) is 9.86. The van der Waals surface area contributed by atoms with Gasteiger partial charge in [0.15, 0.2) is 0 Å². The molecule has 1 N–H and O–H groups in total. The SMILES string of the molecule is CNC(=O)C(C)N1CCOCC1C(=O)OC. The Hall–Kier alpha value is -1.14. The van der Waals surface area contributed by atoms with Crippen LogP contribution in [0.1, 0.15) is 6.92 Å². The van der Waals surface area contributed by atoms with Crippen LogP contribution < -0.4 is 5.32 Å². The molecule has 1 amide bonds. The normalized spacial score (nSPS) is 23.6. The van der Waals surface area contributed by atoms with Gasteiger partial charge in [-0.1, -0.05) is 0 Å². The number of ether oxygens (including phenoxy) is 2. The van der Waals surface area contributed by atoms with Gasteiger partial charge in [-0.15, -0.1) is 0 Å². The number of morpholine rings is 1. The number of hydrogen-bond acceptors (Lipinski definition) is 5. The van der Waals surface area contributed by atoms with Gasteiger partial charge in [0, 0.05) is 13.6 Å². The fraction of sp³-hybridized carbons (Fsp3) is 0.800. The van der Waals surface area contributed by atoms with Gasteiger partial charge in [-0.05, 0) is 6.92 Å². The number of nitrogens with zero attached hydrogens (tertiary/aromatic N) is 1. The van der Waals surface area contributed by atoms with Gasteiger partial charge in [0.1, 0.15) is 6.04 Å². The van der Waals surface area contributed by atoms with Crippen molar-refractivity contribution in [3.8, 4) is 0 Å². The monoisotopic (exact) mass is 230 g/mol. The predicted octanol–water partition coefficient (Wildman–Crippen LogP) is -1.01. The van der Waals surface area contributed by atoms with Gasteiger partial charge in [0.25, 0.3) is 0 Å². The molecule has 6 heteroatoms. The molecule has 0 aromatic rings. The molecule has 0 aromatic heterocycles. The van der Waals surface area contributed by atoms with Crippen LogP contribution >= 0.6 is 0 Å². The number of carbonyl (C=O) groups excluding carboxylic acids is 2. The summed E-state index contributed by atoms with van der Waals surface area (Å²) in [6.45, 7) is 3.11. The summed E-state index contributed by atoms with van der Waals surface area (Å²) in [5, 5.41) is 2.57. The van der Waals surface area contributed by atoms with Crippen molar-refractivity contribution in [1.82, 2.24) is 10.2 Å². The highest BCUT2D eigenvalue weighted by Gasteiger charge is 2.35. The summed E-state index contributed by atoms with van der Waals surface area (Å²) in [7, 11) is 2.91. The van der Waals surface area contributed by atoms with Gasteiger partial charge in [-0.25, -0.2) is 0 Å². The Morgan fingerprint density at radius 1 is 1.56 bits per heavy atom. The molecule has 0 radical (unpaired) electrons. The number of methoxy groups -OCH3 is 1. The minimum absolute atomic E-state index is 0.115. The molecule has 1 saturated heterocycles. The Morgan fingerprint density at radius 3 is 2.81 bits per heavy atom. The van der Waals surface area contributed by atoms with Crippen LogP contribution in [0.5, 0.6) is 0 Å². The molecule has 0 saturated carbocycles. The van der Waals surface area contributed by atoms with Gasteiger partial charge >= 0.3 is 5.97 Å². The van der Waals surface area contributed by atoms with Gasteiger partial charge in [0.2, 0.25) is 5.91 Å². The van der Waals surface area contributed by atoms with Crippen LogP contribution in [0.2, 0.25) is 0 Å². The molecule has 6 nitrogen and oxygen atoms in total. The van der Waals surface area contributed by atoms with E-state index in [2.05, 4.69) is 5.32 Å². The molecular weight excluding hydrogens is 212 g/mol. The molecule has 2 unspecified atom stereocenters. The van der Waals surface area contributed by atoms with E-state index in [1.807, 2.05) is 0 Å². The minimum Gasteiger partial charge on any atom is -0.468 e. The van der Waals surface area contributed by atoms with E-state index in [1.54, 1.807) is 18.9 Å². The van der Waals surface area contributed by atoms with Crippen LogP contribution in [0.25, 0.3) is 0 Å². The summed E-state index contributed by atoms with van der Waals surface area (Å²) >= 11 is 0. The maximum Gasteiger partial charge on any atom is 0.325 e. The molecule has 0 aliphatic carbocycles. The third kappa shape index (κ3) is 2.70. The van der Waals surface area contributed by atoms with E-state index in [-0.39, 0.29) is 24.5 Å². The Labute approximate surface area is 94.9 Å². The van der Waals surface area contributed by atoms with Crippen molar-refractivity contribution >= 4 is 11.9 Å². The van der Waals surface area contributed by atoms with Crippen LogP contribution in [0.4, 0.5) is 0 Å². The summed E-state index contributed by atoms with van der Waals surface area (Å²) in [5.74, 6) is -0.480. The molecule has 1 heterocycles. The fourth-order valence-electron chi connectivity index (χ4n) is 1.78. The first-order valence-corrected chi connectivity index (χ1v) is 5.24. The maximum absolute atomic E-state index is 11.5. The number of hydrogen-bond donors (Lipinski definition) is 1. The fourth-order valence-corrected chi connectivity index (χ4v) is 1.78. The van der Waals surface area contributed by atoms with Gasteiger partial charge < -0.3 is 14.8 Å². The Kier molecular flexibility index (Phi) is 4.70. The summed E-state index contributed by atoms with van der Waals surface area (Å²) in [4.78, 5) is 24.8. The zero-order valence-corrected chi connectivity index (χ0v) is 9.86. The summed E-state index contributed by atoms with van der Waals surface area (Å²) < 4.78 is 9.92. The van der Waals surface area contributed by atoms with E-state index < -0.39 is 6.04 Å². The van der Waals surface area contributed by atoms with Gasteiger partial charge in [0.05, 0.1) is 26.4 Å². The third-order valence-electron chi connectivity index (χ3n) is 2.77. The minimum atomic E-state index is -0.494. The van der Waals surface area contributed by atoms with Crippen LogP contribution in [0.15, 0.2) is 0 Å². The number of amides is 1. The van der Waals surface area contributed by atoms with Crippen LogP contribution in [0, 0.1) is 0 Å². The first-order valence-electron chi connectivity index (χ1n) is 5.24. The lowest BCUT2D eigenvalue weighted by Gasteiger charge is -2.36. The molecule has 1 rings (SSSR count). The van der Waals surface area contributed by atoms with Crippen molar-refractivity contribution in [2.45, 2.75) is 19.0 Å². The molecule has 1 aliphatic rings. The summed E-state index contributed by atoms with van der Waals surface area (Å²) in [6.07, 6.45) is 0. The Bertz CT molecular complexity index is 270. The Balaban J connectivity index is 2.73. The maximum atomic E-state index is 11.5. The van der Waals surface area contributed by atoms with E-state index >= 15 is 0 Å². The Morgan fingerprint density at radius 2 is 2.25 bits per heavy atom. The smallest absolute Gasteiger partial charge is 0.325 e. The number of likely N-dealkylation sites (N-methyl/N-ethyl adjacent to an activating group) is 1. The standard InChI is InChI=1S/C10H18N2O4/c1-7(9(13)11-2)12-4-5-16-6-8(12)10(14)15-3/h7-8H,4-6H2,1-3H3,(H,11,13). The summed E-state index contributed by atoms with van der Waals surface area (Å²) in [5.41, 5.74) is 0. The quantitative estimate of drug-likeness (QED) is 0.629. The molecule has 92 valence electrons. The molecule has 2 atom stereocenters. The number of carbonyl (C=O) groups is 2. The van der Waals surface area contributed by atoms with Crippen molar-refractivity contribution < 1.29 is 19.1 Å². The first kappa shape index (κ1) is 12.9. The molecule has 0 spiro atoms. The largest absolute Gasteiger partial charge is 0.468 e. The zero-order chi connectivity index (χ0) is 12.1. The van der Waals surface area contributed by atoms with E-state index in [1.165, 1.54) is 7.11 Å². The van der Waals surface area contributed by atoms with Crippen molar-refractivity contribution in [3.63, 3.8) is 0 Å². The van der Waals surface area contributed by atoms with Crippen molar-refractivity contribution in [3.05, 3.63) is 0 Å². The van der Waals surface area contributed by atoms with E-state index in [4.69, 9.17) is 9.47 Å². The lowest BCUT2D eigenvalue weighted by molar-refractivity contribution is -0.156. The van der Waals surface area contributed by atoms with E-state index in [0.29, 0.717) is 13.2 Å². The van der Waals surface area contributed by atoms with Crippen molar-refractivity contribution in [2.24, 2.45) is 0 Å². The second-order valence-electron chi connectivity index (χ2n) is 3.64. The second-order valence-corrected chi connectivity index (χ2v) is 3.64. The number of esters is 1. The van der Waals surface area contributed by atoms with Gasteiger partial charge in [-0.2, -0.15) is 0 Å². The first-order chi connectivity index (χ1) is 7.61. The molecule has 16 heavy (non-hydrogen) atoms. The lowest BCUT2D eigenvalue weighted by atomic mass is 10.1. The highest BCUT2D eigenvalue weighted by atomic mass is 16.5. The molecule has 0 bridgehead atoms. The average molecular weight is 230 g/mol. The van der Waals surface area contributed by atoms with Crippen LogP contribution in [-0.2, 0) is 19.1 Å². The van der Waals surface area contributed by atoms with E-state index in [9.17, 15) is 9.59 Å². The second kappa shape index (κ2) is 5.81. The molecule has 0 aromatic carbocycles. The van der Waals surface area contributed by atoms with Crippen molar-refractivity contribution in [2.75, 3.05) is 33.9 Å². The summed E-state index contributed by atoms with van der Waals surface area (Å²) in [6, 6.07) is -0.857. The van der Waals surface area contributed by atoms with Crippen molar-refractivity contribution in [1.29, 1.82) is 0 Å². The average Bonchev–Trinajstić information content (AvgIpc) is 2.35.